The van der Waals surface area contributed by atoms with Crippen LogP contribution in [0.1, 0.15) is 34.2 Å². The normalized spacial score (nSPS) is 16.8. The smallest absolute Gasteiger partial charge is 0.270 e. The monoisotopic (exact) mass is 299 g/mol. The minimum Gasteiger partial charge on any atom is -0.368 e. The lowest BCUT2D eigenvalue weighted by molar-refractivity contribution is 0.0933. The highest BCUT2D eigenvalue weighted by molar-refractivity contribution is 5.92. The summed E-state index contributed by atoms with van der Waals surface area (Å²) in [5.41, 5.74) is 3.78. The van der Waals surface area contributed by atoms with Crippen LogP contribution < -0.4 is 10.6 Å². The summed E-state index contributed by atoms with van der Waals surface area (Å²) in [6.07, 6.45) is 3.38. The van der Waals surface area contributed by atoms with Crippen molar-refractivity contribution in [3.63, 3.8) is 0 Å². The summed E-state index contributed by atoms with van der Waals surface area (Å²) >= 11 is 0. The zero-order valence-corrected chi connectivity index (χ0v) is 13.2. The Bertz CT molecular complexity index is 707. The first-order valence-corrected chi connectivity index (χ1v) is 7.60. The molecule has 3 rings (SSSR count). The van der Waals surface area contributed by atoms with Gasteiger partial charge >= 0.3 is 0 Å². The molecule has 1 atom stereocenters. The molecular formula is C16H21N5O. The van der Waals surface area contributed by atoms with Gasteiger partial charge in [0.05, 0.1) is 11.7 Å². The molecular weight excluding hydrogens is 278 g/mol. The van der Waals surface area contributed by atoms with Crippen LogP contribution in [0, 0.1) is 6.92 Å². The summed E-state index contributed by atoms with van der Waals surface area (Å²) in [6.45, 7) is 4.76. The van der Waals surface area contributed by atoms with Crippen LogP contribution in [0.15, 0.2) is 18.3 Å². The summed E-state index contributed by atoms with van der Waals surface area (Å²) in [4.78, 5) is 16.5. The molecule has 22 heavy (non-hydrogen) atoms. The highest BCUT2D eigenvalue weighted by Gasteiger charge is 2.25. The van der Waals surface area contributed by atoms with Gasteiger partial charge in [-0.15, -0.1) is 0 Å². The number of rotatable bonds is 3. The number of aryl methyl sites for hydroxylation is 3. The van der Waals surface area contributed by atoms with Crippen molar-refractivity contribution in [2.45, 2.75) is 32.7 Å². The molecule has 1 aliphatic heterocycles. The largest absolute Gasteiger partial charge is 0.368 e. The van der Waals surface area contributed by atoms with Gasteiger partial charge in [0.15, 0.2) is 0 Å². The second-order valence-corrected chi connectivity index (χ2v) is 5.69. The number of anilines is 1. The van der Waals surface area contributed by atoms with Gasteiger partial charge < -0.3 is 10.6 Å². The van der Waals surface area contributed by atoms with Gasteiger partial charge in [0.2, 0.25) is 0 Å². The fourth-order valence-corrected chi connectivity index (χ4v) is 2.89. The van der Waals surface area contributed by atoms with E-state index in [1.165, 1.54) is 5.56 Å². The van der Waals surface area contributed by atoms with E-state index in [1.807, 2.05) is 30.8 Å². The molecule has 0 saturated carbocycles. The molecule has 2 aromatic rings. The van der Waals surface area contributed by atoms with Gasteiger partial charge in [-0.1, -0.05) is 6.92 Å². The summed E-state index contributed by atoms with van der Waals surface area (Å²) in [5.74, 6) is 0.932. The van der Waals surface area contributed by atoms with Gasteiger partial charge in [0.1, 0.15) is 11.5 Å². The Hall–Kier alpha value is -2.37. The number of nitrogens with one attached hydrogen (secondary N) is 2. The lowest BCUT2D eigenvalue weighted by atomic mass is 10.0. The van der Waals surface area contributed by atoms with Crippen molar-refractivity contribution in [3.05, 3.63) is 40.8 Å². The Balaban J connectivity index is 1.71. The van der Waals surface area contributed by atoms with Crippen LogP contribution in [0.5, 0.6) is 0 Å². The van der Waals surface area contributed by atoms with Crippen LogP contribution in [0.3, 0.4) is 0 Å². The number of hydrogen-bond donors (Lipinski definition) is 2. The van der Waals surface area contributed by atoms with E-state index in [4.69, 9.17) is 0 Å². The van der Waals surface area contributed by atoms with E-state index in [0.29, 0.717) is 12.2 Å². The Morgan fingerprint density at radius 1 is 1.55 bits per heavy atom. The Kier molecular flexibility index (Phi) is 3.83. The fourth-order valence-electron chi connectivity index (χ4n) is 2.89. The number of aromatic nitrogens is 3. The third-order valence-electron chi connectivity index (χ3n) is 4.11. The molecule has 1 aliphatic rings. The molecule has 1 unspecified atom stereocenters. The molecule has 116 valence electrons. The minimum atomic E-state index is -0.118. The van der Waals surface area contributed by atoms with Gasteiger partial charge in [0, 0.05) is 25.4 Å². The maximum Gasteiger partial charge on any atom is 0.270 e. The van der Waals surface area contributed by atoms with Crippen molar-refractivity contribution in [2.75, 3.05) is 11.9 Å². The SMILES string of the molecule is CCc1ccnc(C(=O)NC2CNc3c(c(C)nn3C)C2)c1. The summed E-state index contributed by atoms with van der Waals surface area (Å²) in [6, 6.07) is 3.84. The van der Waals surface area contributed by atoms with Crippen LogP contribution in [-0.4, -0.2) is 33.3 Å². The summed E-state index contributed by atoms with van der Waals surface area (Å²) in [5, 5.41) is 10.8. The van der Waals surface area contributed by atoms with Crippen molar-refractivity contribution in [3.8, 4) is 0 Å². The van der Waals surface area contributed by atoms with Crippen molar-refractivity contribution < 1.29 is 4.79 Å². The minimum absolute atomic E-state index is 0.0509. The second-order valence-electron chi connectivity index (χ2n) is 5.69. The van der Waals surface area contributed by atoms with Crippen molar-refractivity contribution in [1.29, 1.82) is 0 Å². The molecule has 0 bridgehead atoms. The molecule has 0 spiro atoms. The highest BCUT2D eigenvalue weighted by Crippen LogP contribution is 2.24. The van der Waals surface area contributed by atoms with E-state index in [0.717, 1.165) is 29.9 Å². The molecule has 3 heterocycles. The van der Waals surface area contributed by atoms with Crippen molar-refractivity contribution >= 4 is 11.7 Å². The molecule has 1 amide bonds. The third-order valence-corrected chi connectivity index (χ3v) is 4.11. The molecule has 6 heteroatoms. The first-order chi connectivity index (χ1) is 10.6. The van der Waals surface area contributed by atoms with E-state index in [1.54, 1.807) is 6.20 Å². The van der Waals surface area contributed by atoms with Crippen molar-refractivity contribution in [2.24, 2.45) is 7.05 Å². The van der Waals surface area contributed by atoms with Crippen LogP contribution in [0.25, 0.3) is 0 Å². The van der Waals surface area contributed by atoms with Gasteiger partial charge in [-0.25, -0.2) is 0 Å². The highest BCUT2D eigenvalue weighted by atomic mass is 16.1. The number of carbonyl (C=O) groups excluding carboxylic acids is 1. The second kappa shape index (κ2) is 5.79. The van der Waals surface area contributed by atoms with E-state index < -0.39 is 0 Å². The first kappa shape index (κ1) is 14.6. The molecule has 0 fully saturated rings. The fraction of sp³-hybridized carbons (Fsp3) is 0.438. The number of amides is 1. The Morgan fingerprint density at radius 2 is 2.36 bits per heavy atom. The molecule has 0 radical (unpaired) electrons. The standard InChI is InChI=1S/C16H21N5O/c1-4-11-5-6-17-14(7-11)16(22)19-12-8-13-10(2)20-21(3)15(13)18-9-12/h5-7,12,18H,4,8-9H2,1-3H3,(H,19,22). The predicted octanol–water partition coefficient (Wildman–Crippen LogP) is 1.45. The lowest BCUT2D eigenvalue weighted by Crippen LogP contribution is -2.44. The molecule has 0 aromatic carbocycles. The molecule has 6 nitrogen and oxygen atoms in total. The van der Waals surface area contributed by atoms with Crippen molar-refractivity contribution in [1.82, 2.24) is 20.1 Å². The number of pyridine rings is 1. The quantitative estimate of drug-likeness (QED) is 0.900. The maximum absolute atomic E-state index is 12.4. The lowest BCUT2D eigenvalue weighted by Gasteiger charge is -2.25. The first-order valence-electron chi connectivity index (χ1n) is 7.60. The predicted molar refractivity (Wildman–Crippen MR) is 85.0 cm³/mol. The number of nitrogens with zero attached hydrogens (tertiary/aromatic N) is 3. The average molecular weight is 299 g/mol. The zero-order chi connectivity index (χ0) is 15.7. The summed E-state index contributed by atoms with van der Waals surface area (Å²) in [7, 11) is 1.93. The average Bonchev–Trinajstić information content (AvgIpc) is 2.81. The van der Waals surface area contributed by atoms with Crippen LogP contribution in [-0.2, 0) is 19.9 Å². The topological polar surface area (TPSA) is 71.8 Å². The van der Waals surface area contributed by atoms with Crippen LogP contribution in [0.2, 0.25) is 0 Å². The third kappa shape index (κ3) is 2.68. The zero-order valence-electron chi connectivity index (χ0n) is 13.2. The van der Waals surface area contributed by atoms with E-state index in [9.17, 15) is 4.79 Å². The summed E-state index contributed by atoms with van der Waals surface area (Å²) < 4.78 is 1.86. The Labute approximate surface area is 129 Å². The maximum atomic E-state index is 12.4. The van der Waals surface area contributed by atoms with Crippen LogP contribution >= 0.6 is 0 Å². The van der Waals surface area contributed by atoms with E-state index in [-0.39, 0.29) is 11.9 Å². The van der Waals surface area contributed by atoms with Gasteiger partial charge in [-0.3, -0.25) is 14.5 Å². The molecule has 0 saturated heterocycles. The van der Waals surface area contributed by atoms with Gasteiger partial charge in [-0.2, -0.15) is 5.10 Å². The molecule has 2 N–H and O–H groups in total. The van der Waals surface area contributed by atoms with E-state index >= 15 is 0 Å². The number of hydrogen-bond acceptors (Lipinski definition) is 4. The van der Waals surface area contributed by atoms with Crippen LogP contribution in [0.4, 0.5) is 5.82 Å². The Morgan fingerprint density at radius 3 is 3.14 bits per heavy atom. The van der Waals surface area contributed by atoms with Gasteiger partial charge in [0.25, 0.3) is 5.91 Å². The van der Waals surface area contributed by atoms with E-state index in [2.05, 4.69) is 27.6 Å². The molecule has 0 aliphatic carbocycles. The van der Waals surface area contributed by atoms with Gasteiger partial charge in [-0.05, 0) is 37.5 Å². The number of carbonyl (C=O) groups is 1. The molecule has 2 aromatic heterocycles. The number of fused-ring (bicyclic) bond motifs is 1.